The number of benzene rings is 1. The van der Waals surface area contributed by atoms with Gasteiger partial charge in [-0.25, -0.2) is 8.78 Å². The maximum Gasteiger partial charge on any atom is 0.130 e. The molecule has 114 valence electrons. The van der Waals surface area contributed by atoms with Crippen molar-refractivity contribution >= 4 is 0 Å². The van der Waals surface area contributed by atoms with Gasteiger partial charge in [0.2, 0.25) is 0 Å². The summed E-state index contributed by atoms with van der Waals surface area (Å²) in [7, 11) is 4.00. The van der Waals surface area contributed by atoms with E-state index in [4.69, 9.17) is 5.73 Å². The van der Waals surface area contributed by atoms with Gasteiger partial charge in [-0.05, 0) is 33.1 Å². The summed E-state index contributed by atoms with van der Waals surface area (Å²) in [5.74, 6) is -1.08. The van der Waals surface area contributed by atoms with Crippen molar-refractivity contribution in [2.75, 3.05) is 40.3 Å². The number of nitrogens with zero attached hydrogens (tertiary/aromatic N) is 2. The van der Waals surface area contributed by atoms with Gasteiger partial charge in [-0.3, -0.25) is 4.90 Å². The van der Waals surface area contributed by atoms with Crippen molar-refractivity contribution in [1.29, 1.82) is 0 Å². The molecule has 2 N–H and O–H groups in total. The lowest BCUT2D eigenvalue weighted by molar-refractivity contribution is 0.179. The van der Waals surface area contributed by atoms with Gasteiger partial charge < -0.3 is 10.6 Å². The lowest BCUT2D eigenvalue weighted by Gasteiger charge is -2.32. The zero-order chi connectivity index (χ0) is 15.1. The maximum absolute atomic E-state index is 14.0. The molecule has 20 heavy (non-hydrogen) atoms. The molecule has 0 aliphatic heterocycles. The molecule has 0 heterocycles. The Hall–Kier alpha value is -1.04. The Morgan fingerprint density at radius 3 is 2.35 bits per heavy atom. The zero-order valence-electron chi connectivity index (χ0n) is 12.6. The molecule has 1 aromatic carbocycles. The summed E-state index contributed by atoms with van der Waals surface area (Å²) < 4.78 is 27.0. The standard InChI is InChI=1S/C15H25F2N3/c1-4-7-20(9-8-19(2)3)15(11-18)13-6-5-12(16)10-14(13)17/h5-6,10,15H,4,7-9,11,18H2,1-3H3. The van der Waals surface area contributed by atoms with Crippen LogP contribution in [-0.4, -0.2) is 50.1 Å². The third kappa shape index (κ3) is 4.81. The summed E-state index contributed by atoms with van der Waals surface area (Å²) >= 11 is 0. The Labute approximate surface area is 120 Å². The summed E-state index contributed by atoms with van der Waals surface area (Å²) in [6.45, 7) is 4.92. The molecule has 0 aliphatic carbocycles. The van der Waals surface area contributed by atoms with Crippen molar-refractivity contribution in [2.24, 2.45) is 5.73 Å². The van der Waals surface area contributed by atoms with E-state index >= 15 is 0 Å². The van der Waals surface area contributed by atoms with Crippen molar-refractivity contribution in [3.05, 3.63) is 35.4 Å². The molecule has 0 bridgehead atoms. The van der Waals surface area contributed by atoms with Gasteiger partial charge in [0.25, 0.3) is 0 Å². The highest BCUT2D eigenvalue weighted by atomic mass is 19.1. The van der Waals surface area contributed by atoms with E-state index in [2.05, 4.69) is 16.7 Å². The largest absolute Gasteiger partial charge is 0.329 e. The van der Waals surface area contributed by atoms with Crippen LogP contribution in [0.2, 0.25) is 0 Å². The summed E-state index contributed by atoms with van der Waals surface area (Å²) in [6, 6.07) is 3.50. The normalized spacial score (nSPS) is 13.2. The van der Waals surface area contributed by atoms with Gasteiger partial charge in [0, 0.05) is 37.3 Å². The second-order valence-electron chi connectivity index (χ2n) is 5.26. The van der Waals surface area contributed by atoms with E-state index in [0.717, 1.165) is 32.1 Å². The van der Waals surface area contributed by atoms with E-state index < -0.39 is 11.6 Å². The number of halogens is 2. The lowest BCUT2D eigenvalue weighted by atomic mass is 10.0. The average Bonchev–Trinajstić information content (AvgIpc) is 2.38. The molecule has 1 rings (SSSR count). The average molecular weight is 285 g/mol. The minimum Gasteiger partial charge on any atom is -0.329 e. The van der Waals surface area contributed by atoms with Crippen molar-refractivity contribution < 1.29 is 8.78 Å². The van der Waals surface area contributed by atoms with Crippen molar-refractivity contribution in [1.82, 2.24) is 9.80 Å². The first-order valence-corrected chi connectivity index (χ1v) is 7.03. The molecular weight excluding hydrogens is 260 g/mol. The molecule has 0 fully saturated rings. The van der Waals surface area contributed by atoms with Gasteiger partial charge in [0.1, 0.15) is 11.6 Å². The van der Waals surface area contributed by atoms with Crippen LogP contribution in [0.5, 0.6) is 0 Å². The van der Waals surface area contributed by atoms with E-state index in [-0.39, 0.29) is 6.04 Å². The predicted molar refractivity (Wildman–Crippen MR) is 78.6 cm³/mol. The Bertz CT molecular complexity index is 410. The number of hydrogen-bond donors (Lipinski definition) is 1. The summed E-state index contributed by atoms with van der Waals surface area (Å²) in [5.41, 5.74) is 6.31. The Kier molecular flexibility index (Phi) is 7.05. The van der Waals surface area contributed by atoms with Gasteiger partial charge in [-0.1, -0.05) is 13.0 Å². The Morgan fingerprint density at radius 2 is 1.85 bits per heavy atom. The zero-order valence-corrected chi connectivity index (χ0v) is 12.6. The molecule has 3 nitrogen and oxygen atoms in total. The second-order valence-corrected chi connectivity index (χ2v) is 5.26. The summed E-state index contributed by atoms with van der Waals surface area (Å²) in [4.78, 5) is 4.24. The SMILES string of the molecule is CCCN(CCN(C)C)C(CN)c1ccc(F)cc1F. The van der Waals surface area contributed by atoms with Crippen LogP contribution in [0.15, 0.2) is 18.2 Å². The molecule has 0 saturated carbocycles. The monoisotopic (exact) mass is 285 g/mol. The fourth-order valence-corrected chi connectivity index (χ4v) is 2.28. The summed E-state index contributed by atoms with van der Waals surface area (Å²) in [6.07, 6.45) is 0.965. The molecule has 0 radical (unpaired) electrons. The number of hydrogen-bond acceptors (Lipinski definition) is 3. The highest BCUT2D eigenvalue weighted by molar-refractivity contribution is 5.22. The number of likely N-dealkylation sites (N-methyl/N-ethyl adjacent to an activating group) is 1. The first kappa shape index (κ1) is 17.0. The van der Waals surface area contributed by atoms with Gasteiger partial charge in [0.15, 0.2) is 0 Å². The Balaban J connectivity index is 2.93. The van der Waals surface area contributed by atoms with E-state index in [0.29, 0.717) is 12.1 Å². The highest BCUT2D eigenvalue weighted by Gasteiger charge is 2.21. The second kappa shape index (κ2) is 8.29. The number of rotatable bonds is 8. The number of nitrogens with two attached hydrogens (primary N) is 1. The third-order valence-electron chi connectivity index (χ3n) is 3.33. The molecule has 1 unspecified atom stereocenters. The molecule has 0 spiro atoms. The van der Waals surface area contributed by atoms with Crippen molar-refractivity contribution in [3.8, 4) is 0 Å². The van der Waals surface area contributed by atoms with E-state index in [1.807, 2.05) is 14.1 Å². The van der Waals surface area contributed by atoms with Crippen LogP contribution in [-0.2, 0) is 0 Å². The van der Waals surface area contributed by atoms with Crippen LogP contribution in [0.3, 0.4) is 0 Å². The lowest BCUT2D eigenvalue weighted by Crippen LogP contribution is -2.39. The van der Waals surface area contributed by atoms with Crippen molar-refractivity contribution in [2.45, 2.75) is 19.4 Å². The fourth-order valence-electron chi connectivity index (χ4n) is 2.28. The quantitative estimate of drug-likeness (QED) is 0.795. The highest BCUT2D eigenvalue weighted by Crippen LogP contribution is 2.23. The maximum atomic E-state index is 14.0. The Morgan fingerprint density at radius 1 is 1.15 bits per heavy atom. The molecule has 0 amide bonds. The fraction of sp³-hybridized carbons (Fsp3) is 0.600. The predicted octanol–water partition coefficient (Wildman–Crippen LogP) is 2.24. The van der Waals surface area contributed by atoms with Crippen LogP contribution < -0.4 is 5.73 Å². The van der Waals surface area contributed by atoms with Gasteiger partial charge in [-0.2, -0.15) is 0 Å². The molecule has 1 aromatic rings. The van der Waals surface area contributed by atoms with Gasteiger partial charge >= 0.3 is 0 Å². The van der Waals surface area contributed by atoms with Crippen LogP contribution in [0, 0.1) is 11.6 Å². The molecular formula is C15H25F2N3. The topological polar surface area (TPSA) is 32.5 Å². The minimum atomic E-state index is -0.558. The van der Waals surface area contributed by atoms with Crippen molar-refractivity contribution in [3.63, 3.8) is 0 Å². The molecule has 1 atom stereocenters. The smallest absolute Gasteiger partial charge is 0.130 e. The molecule has 0 aromatic heterocycles. The molecule has 5 heteroatoms. The van der Waals surface area contributed by atoms with E-state index in [9.17, 15) is 8.78 Å². The van der Waals surface area contributed by atoms with Gasteiger partial charge in [-0.15, -0.1) is 0 Å². The third-order valence-corrected chi connectivity index (χ3v) is 3.33. The van der Waals surface area contributed by atoms with E-state index in [1.165, 1.54) is 12.1 Å². The van der Waals surface area contributed by atoms with Crippen LogP contribution in [0.1, 0.15) is 24.9 Å². The van der Waals surface area contributed by atoms with Crippen LogP contribution >= 0.6 is 0 Å². The molecule has 0 saturated heterocycles. The van der Waals surface area contributed by atoms with Gasteiger partial charge in [0.05, 0.1) is 0 Å². The summed E-state index contributed by atoms with van der Waals surface area (Å²) in [5, 5.41) is 0. The molecule has 0 aliphatic rings. The minimum absolute atomic E-state index is 0.213. The van der Waals surface area contributed by atoms with Crippen LogP contribution in [0.25, 0.3) is 0 Å². The van der Waals surface area contributed by atoms with E-state index in [1.54, 1.807) is 0 Å². The first-order chi connectivity index (χ1) is 9.49. The van der Waals surface area contributed by atoms with Crippen LogP contribution in [0.4, 0.5) is 8.78 Å². The first-order valence-electron chi connectivity index (χ1n) is 7.03.